The molecule has 0 spiro atoms. The van der Waals surface area contributed by atoms with Crippen LogP contribution in [0.1, 0.15) is 0 Å². The van der Waals surface area contributed by atoms with E-state index >= 15 is 0 Å². The van der Waals surface area contributed by atoms with Crippen LogP contribution in [0.25, 0.3) is 10.9 Å². The highest BCUT2D eigenvalue weighted by Crippen LogP contribution is 2.27. The molecule has 1 amide bonds. The number of methoxy groups -OCH3 is 1. The number of H-pyrrole nitrogens is 1. The van der Waals surface area contributed by atoms with Gasteiger partial charge in [0, 0.05) is 5.69 Å². The molecule has 128 valence electrons. The summed E-state index contributed by atoms with van der Waals surface area (Å²) in [5, 5.41) is 4.06. The van der Waals surface area contributed by atoms with Gasteiger partial charge in [0.05, 0.1) is 28.8 Å². The summed E-state index contributed by atoms with van der Waals surface area (Å²) in [6.45, 7) is 0. The second kappa shape index (κ2) is 7.58. The van der Waals surface area contributed by atoms with Crippen LogP contribution in [0.3, 0.4) is 0 Å². The smallest absolute Gasteiger partial charge is 0.259 e. The van der Waals surface area contributed by atoms with Crippen molar-refractivity contribution < 1.29 is 9.53 Å². The predicted molar refractivity (Wildman–Crippen MR) is 99.7 cm³/mol. The molecule has 0 fully saturated rings. The number of halogens is 1. The normalized spacial score (nSPS) is 10.6. The van der Waals surface area contributed by atoms with Crippen molar-refractivity contribution in [2.24, 2.45) is 0 Å². The standard InChI is InChI=1S/C17H14ClN3O3S/c1-24-14-7-6-10(8-12(14)18)19-15(22)9-25-17-20-13-5-3-2-4-11(13)16(23)21-17/h2-8H,9H2,1H3,(H,19,22)(H,20,21,23). The Morgan fingerprint density at radius 2 is 2.12 bits per heavy atom. The SMILES string of the molecule is COc1ccc(NC(=O)CSc2nc3ccccc3c(=O)[nH]2)cc1Cl. The molecule has 0 aliphatic carbocycles. The van der Waals surface area contributed by atoms with E-state index in [1.807, 2.05) is 6.07 Å². The summed E-state index contributed by atoms with van der Waals surface area (Å²) in [7, 11) is 1.52. The number of para-hydroxylation sites is 1. The number of hydrogen-bond acceptors (Lipinski definition) is 5. The first-order chi connectivity index (χ1) is 12.1. The van der Waals surface area contributed by atoms with Gasteiger partial charge in [0.25, 0.3) is 5.56 Å². The fourth-order valence-corrected chi connectivity index (χ4v) is 3.13. The largest absolute Gasteiger partial charge is 0.495 e. The number of hydrogen-bond donors (Lipinski definition) is 2. The second-order valence-electron chi connectivity index (χ2n) is 5.07. The molecule has 2 N–H and O–H groups in total. The molecule has 0 aliphatic rings. The van der Waals surface area contributed by atoms with Crippen molar-refractivity contribution in [1.82, 2.24) is 9.97 Å². The van der Waals surface area contributed by atoms with Gasteiger partial charge in [-0.3, -0.25) is 9.59 Å². The van der Waals surface area contributed by atoms with Gasteiger partial charge in [-0.2, -0.15) is 0 Å². The van der Waals surface area contributed by atoms with Crippen LogP contribution in [-0.2, 0) is 4.79 Å². The second-order valence-corrected chi connectivity index (χ2v) is 6.45. The molecular formula is C17H14ClN3O3S. The summed E-state index contributed by atoms with van der Waals surface area (Å²) < 4.78 is 5.07. The van der Waals surface area contributed by atoms with E-state index in [9.17, 15) is 9.59 Å². The molecule has 0 saturated heterocycles. The maximum Gasteiger partial charge on any atom is 0.259 e. The van der Waals surface area contributed by atoms with E-state index in [1.165, 1.54) is 7.11 Å². The van der Waals surface area contributed by atoms with Gasteiger partial charge in [0.2, 0.25) is 5.91 Å². The lowest BCUT2D eigenvalue weighted by Crippen LogP contribution is -2.15. The lowest BCUT2D eigenvalue weighted by Gasteiger charge is -2.08. The molecule has 0 atom stereocenters. The van der Waals surface area contributed by atoms with Gasteiger partial charge in [-0.05, 0) is 30.3 Å². The molecule has 6 nitrogen and oxygen atoms in total. The van der Waals surface area contributed by atoms with Crippen molar-refractivity contribution in [3.63, 3.8) is 0 Å². The van der Waals surface area contributed by atoms with E-state index in [4.69, 9.17) is 16.3 Å². The van der Waals surface area contributed by atoms with Crippen LogP contribution in [0.2, 0.25) is 5.02 Å². The van der Waals surface area contributed by atoms with E-state index in [0.717, 1.165) is 11.8 Å². The Bertz CT molecular complexity index is 990. The van der Waals surface area contributed by atoms with E-state index < -0.39 is 0 Å². The maximum absolute atomic E-state index is 12.1. The van der Waals surface area contributed by atoms with Crippen molar-refractivity contribution in [3.8, 4) is 5.75 Å². The molecule has 0 aliphatic heterocycles. The molecule has 0 saturated carbocycles. The Labute approximate surface area is 152 Å². The molecule has 8 heteroatoms. The Balaban J connectivity index is 1.66. The highest BCUT2D eigenvalue weighted by molar-refractivity contribution is 7.99. The van der Waals surface area contributed by atoms with Crippen molar-refractivity contribution in [1.29, 1.82) is 0 Å². The Morgan fingerprint density at radius 1 is 1.32 bits per heavy atom. The molecule has 2 aromatic carbocycles. The Morgan fingerprint density at radius 3 is 2.88 bits per heavy atom. The molecule has 3 rings (SSSR count). The number of nitrogens with one attached hydrogen (secondary N) is 2. The topological polar surface area (TPSA) is 84.1 Å². The van der Waals surface area contributed by atoms with Crippen LogP contribution in [0, 0.1) is 0 Å². The molecule has 0 bridgehead atoms. The third kappa shape index (κ3) is 4.12. The lowest BCUT2D eigenvalue weighted by atomic mass is 10.2. The number of aromatic nitrogens is 2. The Kier molecular flexibility index (Phi) is 5.25. The lowest BCUT2D eigenvalue weighted by molar-refractivity contribution is -0.113. The highest BCUT2D eigenvalue weighted by atomic mass is 35.5. The van der Waals surface area contributed by atoms with E-state index in [-0.39, 0.29) is 17.2 Å². The zero-order chi connectivity index (χ0) is 17.8. The number of amides is 1. The number of anilines is 1. The highest BCUT2D eigenvalue weighted by Gasteiger charge is 2.09. The monoisotopic (exact) mass is 375 g/mol. The van der Waals surface area contributed by atoms with Gasteiger partial charge >= 0.3 is 0 Å². The molecule has 1 heterocycles. The molecule has 3 aromatic rings. The average molecular weight is 376 g/mol. The molecule has 1 aromatic heterocycles. The first kappa shape index (κ1) is 17.3. The van der Waals surface area contributed by atoms with Crippen LogP contribution < -0.4 is 15.6 Å². The number of ether oxygens (including phenoxy) is 1. The van der Waals surface area contributed by atoms with Gasteiger partial charge in [-0.15, -0.1) is 0 Å². The predicted octanol–water partition coefficient (Wildman–Crippen LogP) is 3.32. The van der Waals surface area contributed by atoms with Crippen LogP contribution >= 0.6 is 23.4 Å². The quantitative estimate of drug-likeness (QED) is 0.528. The fraction of sp³-hybridized carbons (Fsp3) is 0.118. The molecular weight excluding hydrogens is 362 g/mol. The van der Waals surface area contributed by atoms with Gasteiger partial charge in [0.15, 0.2) is 5.16 Å². The van der Waals surface area contributed by atoms with Crippen LogP contribution in [0.5, 0.6) is 5.75 Å². The number of fused-ring (bicyclic) bond motifs is 1. The number of benzene rings is 2. The van der Waals surface area contributed by atoms with E-state index in [2.05, 4.69) is 15.3 Å². The van der Waals surface area contributed by atoms with Crippen LogP contribution in [0.4, 0.5) is 5.69 Å². The zero-order valence-electron chi connectivity index (χ0n) is 13.2. The average Bonchev–Trinajstić information content (AvgIpc) is 2.60. The first-order valence-corrected chi connectivity index (χ1v) is 8.68. The first-order valence-electron chi connectivity index (χ1n) is 7.32. The minimum Gasteiger partial charge on any atom is -0.495 e. The minimum atomic E-state index is -0.234. The van der Waals surface area contributed by atoms with Gasteiger partial charge in [-0.25, -0.2) is 4.98 Å². The fourth-order valence-electron chi connectivity index (χ4n) is 2.21. The zero-order valence-corrected chi connectivity index (χ0v) is 14.8. The number of thioether (sulfide) groups is 1. The number of aromatic amines is 1. The summed E-state index contributed by atoms with van der Waals surface area (Å²) in [4.78, 5) is 31.1. The third-order valence-corrected chi connectivity index (χ3v) is 4.54. The van der Waals surface area contributed by atoms with Crippen molar-refractivity contribution in [2.45, 2.75) is 5.16 Å². The van der Waals surface area contributed by atoms with Crippen molar-refractivity contribution in [2.75, 3.05) is 18.2 Å². The number of carbonyl (C=O) groups excluding carboxylic acids is 1. The number of rotatable bonds is 5. The van der Waals surface area contributed by atoms with E-state index in [1.54, 1.807) is 36.4 Å². The molecule has 25 heavy (non-hydrogen) atoms. The van der Waals surface area contributed by atoms with Gasteiger partial charge in [-0.1, -0.05) is 35.5 Å². The summed E-state index contributed by atoms with van der Waals surface area (Å²) in [6.07, 6.45) is 0. The summed E-state index contributed by atoms with van der Waals surface area (Å²) in [5.41, 5.74) is 0.933. The van der Waals surface area contributed by atoms with Crippen LogP contribution in [0.15, 0.2) is 52.4 Å². The summed E-state index contributed by atoms with van der Waals surface area (Å²) in [5.74, 6) is 0.402. The van der Waals surface area contributed by atoms with Gasteiger partial charge < -0.3 is 15.0 Å². The Hall–Kier alpha value is -2.51. The number of carbonyl (C=O) groups is 1. The maximum atomic E-state index is 12.1. The van der Waals surface area contributed by atoms with Crippen molar-refractivity contribution in [3.05, 3.63) is 57.8 Å². The molecule has 0 unspecified atom stereocenters. The third-order valence-electron chi connectivity index (χ3n) is 3.37. The summed E-state index contributed by atoms with van der Waals surface area (Å²) in [6, 6.07) is 12.0. The minimum absolute atomic E-state index is 0.102. The van der Waals surface area contributed by atoms with Crippen LogP contribution in [-0.4, -0.2) is 28.7 Å². The van der Waals surface area contributed by atoms with Crippen molar-refractivity contribution >= 4 is 45.9 Å². The summed E-state index contributed by atoms with van der Waals surface area (Å²) >= 11 is 7.18. The number of nitrogens with zero attached hydrogens (tertiary/aromatic N) is 1. The molecule has 0 radical (unpaired) electrons. The van der Waals surface area contributed by atoms with Gasteiger partial charge in [0.1, 0.15) is 5.75 Å². The van der Waals surface area contributed by atoms with E-state index in [0.29, 0.717) is 32.5 Å².